The maximum Gasteiger partial charge on any atom is 0.191 e. The molecule has 0 unspecified atom stereocenters. The average molecular weight is 341 g/mol. The van der Waals surface area contributed by atoms with E-state index in [0.717, 1.165) is 63.6 Å². The second-order valence-electron chi connectivity index (χ2n) is 5.25. The van der Waals surface area contributed by atoms with Crippen LogP contribution in [0, 0.1) is 0 Å². The van der Waals surface area contributed by atoms with Gasteiger partial charge in [0.15, 0.2) is 5.96 Å². The molecule has 0 saturated carbocycles. The number of hydrogen-bond acceptors (Lipinski definition) is 3. The number of ether oxygens (including phenoxy) is 1. The zero-order valence-corrected chi connectivity index (χ0v) is 15.0. The van der Waals surface area contributed by atoms with Crippen molar-refractivity contribution < 1.29 is 4.74 Å². The molecule has 1 rings (SSSR count). The Morgan fingerprint density at radius 2 is 2.04 bits per heavy atom. The zero-order chi connectivity index (χ0) is 16.8. The molecule has 2 N–H and O–H groups in total. The van der Waals surface area contributed by atoms with E-state index in [1.165, 1.54) is 6.42 Å². The predicted molar refractivity (Wildman–Crippen MR) is 97.3 cm³/mol. The fourth-order valence-electron chi connectivity index (χ4n) is 1.93. The van der Waals surface area contributed by atoms with Gasteiger partial charge in [-0.1, -0.05) is 31.0 Å². The summed E-state index contributed by atoms with van der Waals surface area (Å²) in [5.41, 5.74) is 1.15. The van der Waals surface area contributed by atoms with Gasteiger partial charge in [0.25, 0.3) is 0 Å². The van der Waals surface area contributed by atoms with E-state index in [0.29, 0.717) is 5.15 Å². The van der Waals surface area contributed by atoms with Crippen LogP contribution < -0.4 is 10.6 Å². The number of nitrogens with one attached hydrogen (secondary N) is 2. The number of rotatable bonds is 11. The number of unbranched alkanes of at least 4 members (excludes halogenated alkanes) is 1. The van der Waals surface area contributed by atoms with Crippen LogP contribution in [-0.4, -0.2) is 43.8 Å². The molecule has 5 nitrogen and oxygen atoms in total. The zero-order valence-electron chi connectivity index (χ0n) is 14.3. The molecule has 0 atom stereocenters. The van der Waals surface area contributed by atoms with E-state index in [1.54, 1.807) is 0 Å². The first-order valence-electron chi connectivity index (χ1n) is 8.46. The lowest BCUT2D eigenvalue weighted by atomic mass is 10.2. The van der Waals surface area contributed by atoms with Gasteiger partial charge in [0.05, 0.1) is 0 Å². The van der Waals surface area contributed by atoms with Crippen molar-refractivity contribution >= 4 is 17.6 Å². The minimum atomic E-state index is 0.526. The standard InChI is InChI=1S/C17H29ClN4O/c1-3-5-12-23-13-6-10-20-17(19-4-2)21-11-9-15-7-8-16(18)22-14-15/h7-8,14H,3-6,9-13H2,1-2H3,(H2,19,20,21). The maximum absolute atomic E-state index is 5.78. The van der Waals surface area contributed by atoms with Gasteiger partial charge in [0, 0.05) is 39.0 Å². The van der Waals surface area contributed by atoms with Gasteiger partial charge < -0.3 is 15.4 Å². The van der Waals surface area contributed by atoms with E-state index in [4.69, 9.17) is 16.3 Å². The molecule has 1 aromatic heterocycles. The van der Waals surface area contributed by atoms with E-state index >= 15 is 0 Å². The summed E-state index contributed by atoms with van der Waals surface area (Å²) in [6, 6.07) is 3.81. The molecule has 0 aliphatic carbocycles. The lowest BCUT2D eigenvalue weighted by molar-refractivity contribution is 0.130. The van der Waals surface area contributed by atoms with Crippen molar-refractivity contribution in [2.24, 2.45) is 4.99 Å². The third kappa shape index (κ3) is 10.1. The molecule has 1 heterocycles. The number of hydrogen-bond donors (Lipinski definition) is 2. The molecule has 0 bridgehead atoms. The highest BCUT2D eigenvalue weighted by atomic mass is 35.5. The minimum Gasteiger partial charge on any atom is -0.381 e. The highest BCUT2D eigenvalue weighted by molar-refractivity contribution is 6.29. The minimum absolute atomic E-state index is 0.526. The Kier molecular flexibility index (Phi) is 11.3. The molecule has 0 aromatic carbocycles. The van der Waals surface area contributed by atoms with Gasteiger partial charge in [-0.2, -0.15) is 0 Å². The molecular weight excluding hydrogens is 312 g/mol. The first-order valence-corrected chi connectivity index (χ1v) is 8.84. The normalized spacial score (nSPS) is 11.5. The van der Waals surface area contributed by atoms with Crippen LogP contribution in [0.1, 0.15) is 38.7 Å². The largest absolute Gasteiger partial charge is 0.381 e. The van der Waals surface area contributed by atoms with E-state index < -0.39 is 0 Å². The first-order chi connectivity index (χ1) is 11.3. The Hall–Kier alpha value is -1.33. The molecule has 1 aromatic rings. The Morgan fingerprint density at radius 1 is 1.22 bits per heavy atom. The summed E-state index contributed by atoms with van der Waals surface area (Å²) < 4.78 is 5.54. The highest BCUT2D eigenvalue weighted by Crippen LogP contribution is 2.05. The van der Waals surface area contributed by atoms with Crippen LogP contribution in [0.2, 0.25) is 5.15 Å². The van der Waals surface area contributed by atoms with Gasteiger partial charge >= 0.3 is 0 Å². The molecule has 0 fully saturated rings. The van der Waals surface area contributed by atoms with Gasteiger partial charge in [0.2, 0.25) is 0 Å². The van der Waals surface area contributed by atoms with E-state index in [2.05, 4.69) is 34.5 Å². The molecular formula is C17H29ClN4O. The van der Waals surface area contributed by atoms with Gasteiger partial charge in [0.1, 0.15) is 5.15 Å². The lowest BCUT2D eigenvalue weighted by Crippen LogP contribution is -2.38. The molecule has 6 heteroatoms. The van der Waals surface area contributed by atoms with Crippen LogP contribution in [0.5, 0.6) is 0 Å². The summed E-state index contributed by atoms with van der Waals surface area (Å²) in [5, 5.41) is 7.11. The number of halogens is 1. The van der Waals surface area contributed by atoms with Gasteiger partial charge in [-0.25, -0.2) is 4.98 Å². The van der Waals surface area contributed by atoms with Crippen molar-refractivity contribution in [1.29, 1.82) is 0 Å². The summed E-state index contributed by atoms with van der Waals surface area (Å²) in [6.45, 7) is 8.29. The van der Waals surface area contributed by atoms with Gasteiger partial charge in [-0.15, -0.1) is 0 Å². The lowest BCUT2D eigenvalue weighted by Gasteiger charge is -2.11. The molecule has 0 saturated heterocycles. The number of guanidine groups is 1. The summed E-state index contributed by atoms with van der Waals surface area (Å²) in [4.78, 5) is 8.64. The van der Waals surface area contributed by atoms with E-state index in [-0.39, 0.29) is 0 Å². The maximum atomic E-state index is 5.78. The van der Waals surface area contributed by atoms with Crippen molar-refractivity contribution in [3.05, 3.63) is 29.0 Å². The number of aliphatic imine (C=N–C) groups is 1. The van der Waals surface area contributed by atoms with Crippen molar-refractivity contribution in [3.63, 3.8) is 0 Å². The number of pyridine rings is 1. The molecule has 0 amide bonds. The van der Waals surface area contributed by atoms with Crippen LogP contribution in [0.25, 0.3) is 0 Å². The third-order valence-corrected chi connectivity index (χ3v) is 3.42. The molecule has 0 aliphatic rings. The van der Waals surface area contributed by atoms with Crippen LogP contribution in [0.15, 0.2) is 23.3 Å². The second-order valence-corrected chi connectivity index (χ2v) is 5.63. The molecule has 0 aliphatic heterocycles. The Balaban J connectivity index is 2.22. The molecule has 23 heavy (non-hydrogen) atoms. The van der Waals surface area contributed by atoms with Gasteiger partial charge in [-0.05, 0) is 37.8 Å². The van der Waals surface area contributed by atoms with Crippen LogP contribution >= 0.6 is 11.6 Å². The average Bonchev–Trinajstić information content (AvgIpc) is 2.56. The van der Waals surface area contributed by atoms with E-state index in [1.807, 2.05) is 18.3 Å². The molecule has 0 radical (unpaired) electrons. The van der Waals surface area contributed by atoms with Crippen LogP contribution in [0.4, 0.5) is 0 Å². The fourth-order valence-corrected chi connectivity index (χ4v) is 2.04. The quantitative estimate of drug-likeness (QED) is 0.281. The summed E-state index contributed by atoms with van der Waals surface area (Å²) in [5.74, 6) is 0.850. The summed E-state index contributed by atoms with van der Waals surface area (Å²) in [7, 11) is 0. The first kappa shape index (κ1) is 19.7. The van der Waals surface area contributed by atoms with Crippen LogP contribution in [0.3, 0.4) is 0 Å². The molecule has 0 spiro atoms. The monoisotopic (exact) mass is 340 g/mol. The Labute approximate surface area is 144 Å². The smallest absolute Gasteiger partial charge is 0.191 e. The number of nitrogens with zero attached hydrogens (tertiary/aromatic N) is 2. The second kappa shape index (κ2) is 13.1. The highest BCUT2D eigenvalue weighted by Gasteiger charge is 1.98. The summed E-state index contributed by atoms with van der Waals surface area (Å²) in [6.07, 6.45) is 5.95. The SMILES string of the molecule is CCCCOCCCN=C(NCC)NCCc1ccc(Cl)nc1. The van der Waals surface area contributed by atoms with Crippen molar-refractivity contribution in [2.75, 3.05) is 32.8 Å². The van der Waals surface area contributed by atoms with Crippen molar-refractivity contribution in [3.8, 4) is 0 Å². The van der Waals surface area contributed by atoms with Crippen molar-refractivity contribution in [1.82, 2.24) is 15.6 Å². The van der Waals surface area contributed by atoms with Gasteiger partial charge in [-0.3, -0.25) is 4.99 Å². The topological polar surface area (TPSA) is 58.5 Å². The summed E-state index contributed by atoms with van der Waals surface area (Å²) >= 11 is 5.78. The number of aromatic nitrogens is 1. The predicted octanol–water partition coefficient (Wildman–Crippen LogP) is 3.04. The Bertz CT molecular complexity index is 437. The molecule has 130 valence electrons. The third-order valence-electron chi connectivity index (χ3n) is 3.20. The Morgan fingerprint density at radius 3 is 2.74 bits per heavy atom. The fraction of sp³-hybridized carbons (Fsp3) is 0.647. The van der Waals surface area contributed by atoms with Crippen LogP contribution in [-0.2, 0) is 11.2 Å². The van der Waals surface area contributed by atoms with Crippen molar-refractivity contribution in [2.45, 2.75) is 39.5 Å². The van der Waals surface area contributed by atoms with E-state index in [9.17, 15) is 0 Å².